The molecular formula is C15H12O3. The molecule has 0 unspecified atom stereocenters. The molecule has 0 bridgehead atoms. The normalized spacial score (nSPS) is 11.3. The fourth-order valence-electron chi connectivity index (χ4n) is 1.37. The van der Waals surface area contributed by atoms with Gasteiger partial charge in [0.05, 0.1) is 6.26 Å². The van der Waals surface area contributed by atoms with Crippen LogP contribution in [0.1, 0.15) is 11.3 Å². The number of hydrogen-bond acceptors (Lipinski definition) is 3. The standard InChI is InChI=1S/C15H12O3/c16-13-6-3-12(4-7-13)5-8-14(17)9-10-15-2-1-11-18-15/h1-11,16H/b8-5+,10-9+. The summed E-state index contributed by atoms with van der Waals surface area (Å²) in [6.07, 6.45) is 7.76. The molecule has 18 heavy (non-hydrogen) atoms. The van der Waals surface area contributed by atoms with Gasteiger partial charge in [0.25, 0.3) is 0 Å². The predicted molar refractivity (Wildman–Crippen MR) is 69.9 cm³/mol. The van der Waals surface area contributed by atoms with Crippen LogP contribution in [0.5, 0.6) is 5.75 Å². The Bertz CT molecular complexity index is 560. The first-order chi connectivity index (χ1) is 8.74. The van der Waals surface area contributed by atoms with Gasteiger partial charge in [0, 0.05) is 0 Å². The zero-order valence-electron chi connectivity index (χ0n) is 9.61. The van der Waals surface area contributed by atoms with Gasteiger partial charge in [0.15, 0.2) is 5.78 Å². The van der Waals surface area contributed by atoms with E-state index >= 15 is 0 Å². The molecule has 2 aromatic rings. The van der Waals surface area contributed by atoms with Gasteiger partial charge in [-0.25, -0.2) is 0 Å². The molecule has 1 N–H and O–H groups in total. The van der Waals surface area contributed by atoms with Crippen LogP contribution in [0.4, 0.5) is 0 Å². The summed E-state index contributed by atoms with van der Waals surface area (Å²) in [5.41, 5.74) is 0.854. The fourth-order valence-corrected chi connectivity index (χ4v) is 1.37. The maximum Gasteiger partial charge on any atom is 0.178 e. The molecule has 90 valence electrons. The van der Waals surface area contributed by atoms with Gasteiger partial charge in [-0.15, -0.1) is 0 Å². The van der Waals surface area contributed by atoms with E-state index in [0.717, 1.165) is 5.56 Å². The first kappa shape index (κ1) is 11.9. The number of carbonyl (C=O) groups is 1. The highest BCUT2D eigenvalue weighted by Gasteiger charge is 1.93. The zero-order chi connectivity index (χ0) is 12.8. The molecule has 0 aliphatic rings. The van der Waals surface area contributed by atoms with Crippen LogP contribution < -0.4 is 0 Å². The van der Waals surface area contributed by atoms with E-state index in [-0.39, 0.29) is 11.5 Å². The van der Waals surface area contributed by atoms with E-state index < -0.39 is 0 Å². The van der Waals surface area contributed by atoms with Gasteiger partial charge >= 0.3 is 0 Å². The number of phenols is 1. The van der Waals surface area contributed by atoms with Gasteiger partial charge in [0.1, 0.15) is 11.5 Å². The summed E-state index contributed by atoms with van der Waals surface area (Å²) in [5.74, 6) is 0.719. The number of carbonyl (C=O) groups excluding carboxylic acids is 1. The molecule has 0 spiro atoms. The lowest BCUT2D eigenvalue weighted by Gasteiger charge is -1.92. The van der Waals surface area contributed by atoms with Crippen LogP contribution in [0, 0.1) is 0 Å². The van der Waals surface area contributed by atoms with Gasteiger partial charge in [-0.2, -0.15) is 0 Å². The molecule has 0 saturated carbocycles. The SMILES string of the molecule is O=C(/C=C/c1ccc(O)cc1)/C=C/c1ccco1. The van der Waals surface area contributed by atoms with Crippen LogP contribution in [-0.4, -0.2) is 10.9 Å². The third-order valence-corrected chi connectivity index (χ3v) is 2.29. The van der Waals surface area contributed by atoms with Crippen molar-refractivity contribution in [3.8, 4) is 5.75 Å². The van der Waals surface area contributed by atoms with Gasteiger partial charge in [0.2, 0.25) is 0 Å². The number of aromatic hydroxyl groups is 1. The minimum Gasteiger partial charge on any atom is -0.508 e. The minimum absolute atomic E-state index is 0.125. The third-order valence-electron chi connectivity index (χ3n) is 2.29. The molecule has 2 rings (SSSR count). The Morgan fingerprint density at radius 3 is 2.44 bits per heavy atom. The number of ketones is 1. The Balaban J connectivity index is 1.97. The highest BCUT2D eigenvalue weighted by Crippen LogP contribution is 2.10. The van der Waals surface area contributed by atoms with Crippen LogP contribution in [0.2, 0.25) is 0 Å². The number of allylic oxidation sites excluding steroid dienone is 2. The van der Waals surface area contributed by atoms with Crippen molar-refractivity contribution in [3.63, 3.8) is 0 Å². The summed E-state index contributed by atoms with van der Waals surface area (Å²) in [6.45, 7) is 0. The van der Waals surface area contributed by atoms with E-state index in [1.54, 1.807) is 54.8 Å². The Hall–Kier alpha value is -2.55. The van der Waals surface area contributed by atoms with Crippen molar-refractivity contribution in [3.05, 3.63) is 66.1 Å². The fraction of sp³-hybridized carbons (Fsp3) is 0. The van der Waals surface area contributed by atoms with Crippen molar-refractivity contribution < 1.29 is 14.3 Å². The third kappa shape index (κ3) is 3.49. The van der Waals surface area contributed by atoms with Crippen molar-refractivity contribution >= 4 is 17.9 Å². The van der Waals surface area contributed by atoms with Crippen LogP contribution in [0.25, 0.3) is 12.2 Å². The maximum atomic E-state index is 11.5. The first-order valence-electron chi connectivity index (χ1n) is 5.47. The van der Waals surface area contributed by atoms with Crippen LogP contribution in [-0.2, 0) is 4.79 Å². The summed E-state index contributed by atoms with van der Waals surface area (Å²) in [5, 5.41) is 9.11. The Morgan fingerprint density at radius 1 is 1.06 bits per heavy atom. The number of hydrogen-bond donors (Lipinski definition) is 1. The maximum absolute atomic E-state index is 11.5. The molecule has 1 heterocycles. The second kappa shape index (κ2) is 5.68. The Labute approximate surface area is 105 Å². The smallest absolute Gasteiger partial charge is 0.178 e. The molecule has 0 saturated heterocycles. The van der Waals surface area contributed by atoms with Crippen molar-refractivity contribution in [2.75, 3.05) is 0 Å². The first-order valence-corrected chi connectivity index (χ1v) is 5.47. The number of furan rings is 1. The quantitative estimate of drug-likeness (QED) is 0.834. The van der Waals surface area contributed by atoms with E-state index in [2.05, 4.69) is 0 Å². The number of benzene rings is 1. The zero-order valence-corrected chi connectivity index (χ0v) is 9.61. The van der Waals surface area contributed by atoms with E-state index in [9.17, 15) is 4.79 Å². The summed E-state index contributed by atoms with van der Waals surface area (Å²) in [7, 11) is 0. The summed E-state index contributed by atoms with van der Waals surface area (Å²) in [6, 6.07) is 10.1. The second-order valence-corrected chi connectivity index (χ2v) is 3.68. The highest BCUT2D eigenvalue weighted by molar-refractivity contribution is 6.04. The molecule has 3 heteroatoms. The molecule has 1 aromatic heterocycles. The van der Waals surface area contributed by atoms with Gasteiger partial charge in [-0.3, -0.25) is 4.79 Å². The van der Waals surface area contributed by atoms with Crippen molar-refractivity contribution in [1.82, 2.24) is 0 Å². The van der Waals surface area contributed by atoms with Crippen molar-refractivity contribution in [1.29, 1.82) is 0 Å². The molecule has 0 aliphatic heterocycles. The van der Waals surface area contributed by atoms with E-state index in [4.69, 9.17) is 9.52 Å². The van der Waals surface area contributed by atoms with Gasteiger partial charge in [-0.1, -0.05) is 18.2 Å². The minimum atomic E-state index is -0.125. The molecule has 3 nitrogen and oxygen atoms in total. The molecule has 0 atom stereocenters. The van der Waals surface area contributed by atoms with Gasteiger partial charge < -0.3 is 9.52 Å². The average Bonchev–Trinajstić information content (AvgIpc) is 2.89. The molecule has 0 fully saturated rings. The molecule has 0 aliphatic carbocycles. The largest absolute Gasteiger partial charge is 0.508 e. The Kier molecular flexibility index (Phi) is 3.76. The predicted octanol–water partition coefficient (Wildman–Crippen LogP) is 3.28. The lowest BCUT2D eigenvalue weighted by molar-refractivity contribution is -0.110. The Morgan fingerprint density at radius 2 is 1.78 bits per heavy atom. The van der Waals surface area contributed by atoms with Crippen LogP contribution in [0.3, 0.4) is 0 Å². The van der Waals surface area contributed by atoms with Crippen LogP contribution >= 0.6 is 0 Å². The van der Waals surface area contributed by atoms with E-state index in [1.807, 2.05) is 0 Å². The molecule has 0 radical (unpaired) electrons. The lowest BCUT2D eigenvalue weighted by atomic mass is 10.2. The molecule has 1 aromatic carbocycles. The average molecular weight is 240 g/mol. The van der Waals surface area contributed by atoms with Crippen molar-refractivity contribution in [2.45, 2.75) is 0 Å². The second-order valence-electron chi connectivity index (χ2n) is 3.68. The number of rotatable bonds is 4. The lowest BCUT2D eigenvalue weighted by Crippen LogP contribution is -1.84. The topological polar surface area (TPSA) is 50.4 Å². The summed E-state index contributed by atoms with van der Waals surface area (Å²) >= 11 is 0. The monoisotopic (exact) mass is 240 g/mol. The number of phenolic OH excluding ortho intramolecular Hbond substituents is 1. The highest BCUT2D eigenvalue weighted by atomic mass is 16.3. The van der Waals surface area contributed by atoms with Gasteiger partial charge in [-0.05, 0) is 48.1 Å². The summed E-state index contributed by atoms with van der Waals surface area (Å²) < 4.78 is 5.07. The van der Waals surface area contributed by atoms with E-state index in [1.165, 1.54) is 12.2 Å². The summed E-state index contributed by atoms with van der Waals surface area (Å²) in [4.78, 5) is 11.5. The molecule has 0 amide bonds. The molecular weight excluding hydrogens is 228 g/mol. The van der Waals surface area contributed by atoms with Crippen LogP contribution in [0.15, 0.2) is 59.2 Å². The van der Waals surface area contributed by atoms with E-state index in [0.29, 0.717) is 5.76 Å². The van der Waals surface area contributed by atoms with Crippen molar-refractivity contribution in [2.24, 2.45) is 0 Å².